The van der Waals surface area contributed by atoms with Crippen molar-refractivity contribution < 1.29 is 9.84 Å². The maximum Gasteiger partial charge on any atom is 0.151 e. The summed E-state index contributed by atoms with van der Waals surface area (Å²) >= 11 is 3.44. The Morgan fingerprint density at radius 1 is 1.25 bits per heavy atom. The van der Waals surface area contributed by atoms with Crippen LogP contribution in [0, 0.1) is 0 Å². The summed E-state index contributed by atoms with van der Waals surface area (Å²) < 4.78 is 6.52. The number of aliphatic hydroxyl groups is 1. The highest BCUT2D eigenvalue weighted by atomic mass is 79.9. The molecule has 2 aromatic rings. The van der Waals surface area contributed by atoms with E-state index in [1.165, 1.54) is 5.01 Å². The van der Waals surface area contributed by atoms with Crippen LogP contribution in [0.25, 0.3) is 0 Å². The second-order valence-corrected chi connectivity index (χ2v) is 6.48. The highest BCUT2D eigenvalue weighted by Gasteiger charge is 2.18. The van der Waals surface area contributed by atoms with Crippen molar-refractivity contribution in [3.8, 4) is 11.5 Å². The first-order chi connectivity index (χ1) is 11.3. The zero-order chi connectivity index (χ0) is 17.9. The lowest BCUT2D eigenvalue weighted by molar-refractivity contribution is 0.132. The Bertz CT molecular complexity index is 709. The number of nitrogens with zero attached hydrogens (tertiary/aromatic N) is 3. The fraction of sp³-hybridized carbons (Fsp3) is 0.312. The molecule has 1 aromatic heterocycles. The second-order valence-electron chi connectivity index (χ2n) is 5.69. The largest absolute Gasteiger partial charge is 0.454 e. The molecule has 0 aliphatic heterocycles. The van der Waals surface area contributed by atoms with E-state index in [2.05, 4.69) is 20.9 Å². The highest BCUT2D eigenvalue weighted by Crippen LogP contribution is 2.40. The average molecular weight is 396 g/mol. The number of ether oxygens (including phenoxy) is 1. The molecule has 7 nitrogen and oxygen atoms in total. The van der Waals surface area contributed by atoms with Crippen LogP contribution in [-0.4, -0.2) is 42.7 Å². The Balaban J connectivity index is 2.34. The van der Waals surface area contributed by atoms with E-state index >= 15 is 0 Å². The summed E-state index contributed by atoms with van der Waals surface area (Å²) in [5, 5.41) is 11.8. The van der Waals surface area contributed by atoms with Gasteiger partial charge in [0.05, 0.1) is 15.8 Å². The molecule has 1 heterocycles. The third kappa shape index (κ3) is 4.15. The van der Waals surface area contributed by atoms with E-state index in [9.17, 15) is 5.11 Å². The lowest BCUT2D eigenvalue weighted by Gasteiger charge is -2.20. The molecule has 0 fully saturated rings. The van der Waals surface area contributed by atoms with Gasteiger partial charge in [-0.1, -0.05) is 0 Å². The van der Waals surface area contributed by atoms with Crippen LogP contribution in [-0.2, 0) is 0 Å². The zero-order valence-corrected chi connectivity index (χ0v) is 15.5. The van der Waals surface area contributed by atoms with Crippen LogP contribution in [0.2, 0.25) is 0 Å². The number of hydrogen-bond donors (Lipinski definition) is 3. The molecular weight excluding hydrogens is 374 g/mol. The van der Waals surface area contributed by atoms with E-state index in [4.69, 9.17) is 16.3 Å². The van der Waals surface area contributed by atoms with Crippen molar-refractivity contribution in [2.75, 3.05) is 38.4 Å². The highest BCUT2D eigenvalue weighted by molar-refractivity contribution is 9.10. The SMILES string of the molecule is CN(C)CC(O)c1ncccc1Oc1ccc(N(C)N)c(N)c1Br. The van der Waals surface area contributed by atoms with E-state index in [1.54, 1.807) is 37.5 Å². The molecule has 5 N–H and O–H groups in total. The van der Waals surface area contributed by atoms with Crippen LogP contribution >= 0.6 is 15.9 Å². The number of benzene rings is 1. The van der Waals surface area contributed by atoms with Crippen LogP contribution < -0.4 is 21.3 Å². The lowest BCUT2D eigenvalue weighted by atomic mass is 10.2. The average Bonchev–Trinajstić information content (AvgIpc) is 2.51. The Morgan fingerprint density at radius 3 is 2.58 bits per heavy atom. The summed E-state index contributed by atoms with van der Waals surface area (Å²) in [5.74, 6) is 6.73. The van der Waals surface area contributed by atoms with E-state index in [1.807, 2.05) is 19.0 Å². The number of hydrazine groups is 1. The standard InChI is InChI=1S/C16H22BrN5O2/c1-21(2)9-11(23)16-13(5-4-8-20-16)24-12-7-6-10(22(3)19)15(18)14(12)17/h4-8,11,23H,9,18-19H2,1-3H3. The monoisotopic (exact) mass is 395 g/mol. The Kier molecular flexibility index (Phi) is 6.00. The quantitative estimate of drug-likeness (QED) is 0.391. The summed E-state index contributed by atoms with van der Waals surface area (Å²) in [4.78, 5) is 6.13. The molecule has 0 aliphatic rings. The van der Waals surface area contributed by atoms with Crippen molar-refractivity contribution in [1.82, 2.24) is 9.88 Å². The van der Waals surface area contributed by atoms with Gasteiger partial charge in [0.2, 0.25) is 0 Å². The van der Waals surface area contributed by atoms with Crippen molar-refractivity contribution >= 4 is 27.3 Å². The minimum atomic E-state index is -0.762. The molecule has 1 aromatic carbocycles. The predicted molar refractivity (Wildman–Crippen MR) is 99.0 cm³/mol. The van der Waals surface area contributed by atoms with Gasteiger partial charge in [-0.05, 0) is 54.3 Å². The molecule has 130 valence electrons. The fourth-order valence-corrected chi connectivity index (χ4v) is 2.66. The predicted octanol–water partition coefficient (Wildman–Crippen LogP) is 2.12. The topological polar surface area (TPSA) is 101 Å². The Labute approximate surface area is 149 Å². The van der Waals surface area contributed by atoms with Gasteiger partial charge in [0.25, 0.3) is 0 Å². The molecule has 8 heteroatoms. The van der Waals surface area contributed by atoms with Crippen LogP contribution in [0.1, 0.15) is 11.8 Å². The number of likely N-dealkylation sites (N-methyl/N-ethyl adjacent to an activating group) is 1. The smallest absolute Gasteiger partial charge is 0.151 e. The molecule has 0 radical (unpaired) electrons. The van der Waals surface area contributed by atoms with E-state index in [0.717, 1.165) is 0 Å². The maximum atomic E-state index is 10.3. The van der Waals surface area contributed by atoms with Crippen molar-refractivity contribution in [2.45, 2.75) is 6.10 Å². The molecule has 24 heavy (non-hydrogen) atoms. The number of aliphatic hydroxyl groups excluding tert-OH is 1. The van der Waals surface area contributed by atoms with E-state index < -0.39 is 6.10 Å². The van der Waals surface area contributed by atoms with Gasteiger partial charge in [0.1, 0.15) is 17.5 Å². The van der Waals surface area contributed by atoms with Gasteiger partial charge >= 0.3 is 0 Å². The minimum Gasteiger partial charge on any atom is -0.454 e. The maximum absolute atomic E-state index is 10.3. The van der Waals surface area contributed by atoms with Crippen LogP contribution in [0.4, 0.5) is 11.4 Å². The number of aromatic nitrogens is 1. The summed E-state index contributed by atoms with van der Waals surface area (Å²) in [6, 6.07) is 7.03. The van der Waals surface area contributed by atoms with Crippen LogP contribution in [0.15, 0.2) is 34.9 Å². The Hall–Kier alpha value is -1.87. The van der Waals surface area contributed by atoms with Crippen molar-refractivity contribution in [1.29, 1.82) is 0 Å². The number of halogens is 1. The van der Waals surface area contributed by atoms with Crippen LogP contribution in [0.5, 0.6) is 11.5 Å². The lowest BCUT2D eigenvalue weighted by Crippen LogP contribution is -2.26. The number of anilines is 2. The molecule has 0 spiro atoms. The summed E-state index contributed by atoms with van der Waals surface area (Å²) in [5.41, 5.74) is 7.69. The normalized spacial score (nSPS) is 12.3. The van der Waals surface area contributed by atoms with Gasteiger partial charge in [-0.15, -0.1) is 0 Å². The van der Waals surface area contributed by atoms with Gasteiger partial charge in [0.15, 0.2) is 5.75 Å². The number of nitrogens with two attached hydrogens (primary N) is 2. The van der Waals surface area contributed by atoms with E-state index in [0.29, 0.717) is 39.6 Å². The first-order valence-electron chi connectivity index (χ1n) is 7.33. The van der Waals surface area contributed by atoms with E-state index in [-0.39, 0.29) is 0 Å². The molecular formula is C16H22BrN5O2. The van der Waals surface area contributed by atoms with Crippen molar-refractivity contribution in [2.24, 2.45) is 5.84 Å². The van der Waals surface area contributed by atoms with Gasteiger partial charge in [0, 0.05) is 19.8 Å². The molecule has 0 bridgehead atoms. The second kappa shape index (κ2) is 7.80. The first-order valence-corrected chi connectivity index (χ1v) is 8.12. The summed E-state index contributed by atoms with van der Waals surface area (Å²) in [7, 11) is 5.47. The summed E-state index contributed by atoms with van der Waals surface area (Å²) in [6.45, 7) is 0.438. The fourth-order valence-electron chi connectivity index (χ4n) is 2.24. The molecule has 2 rings (SSSR count). The molecule has 0 saturated carbocycles. The molecule has 0 saturated heterocycles. The number of pyridine rings is 1. The van der Waals surface area contributed by atoms with Crippen molar-refractivity contribution in [3.63, 3.8) is 0 Å². The van der Waals surface area contributed by atoms with Crippen LogP contribution in [0.3, 0.4) is 0 Å². The number of nitrogen functional groups attached to an aromatic ring is 1. The van der Waals surface area contributed by atoms with Gasteiger partial charge < -0.3 is 25.5 Å². The minimum absolute atomic E-state index is 0.438. The summed E-state index contributed by atoms with van der Waals surface area (Å²) in [6.07, 6.45) is 0.860. The van der Waals surface area contributed by atoms with Gasteiger partial charge in [-0.2, -0.15) is 0 Å². The third-order valence-electron chi connectivity index (χ3n) is 3.37. The Morgan fingerprint density at radius 2 is 1.96 bits per heavy atom. The molecule has 0 amide bonds. The first kappa shape index (κ1) is 18.5. The zero-order valence-electron chi connectivity index (χ0n) is 13.9. The van der Waals surface area contributed by atoms with Crippen molar-refractivity contribution in [3.05, 3.63) is 40.6 Å². The van der Waals surface area contributed by atoms with Gasteiger partial charge in [-0.3, -0.25) is 4.98 Å². The number of hydrogen-bond acceptors (Lipinski definition) is 7. The van der Waals surface area contributed by atoms with Gasteiger partial charge in [-0.25, -0.2) is 5.84 Å². The number of rotatable bonds is 6. The molecule has 1 atom stereocenters. The molecule has 0 aliphatic carbocycles. The molecule has 1 unspecified atom stereocenters. The third-order valence-corrected chi connectivity index (χ3v) is 4.19.